The average molecular weight is 494 g/mol. The molecule has 0 atom stereocenters. The number of carboxylic acid groups (broad SMARTS) is 1. The van der Waals surface area contributed by atoms with Crippen LogP contribution in [0.2, 0.25) is 0 Å². The highest BCUT2D eigenvalue weighted by molar-refractivity contribution is 5.77. The van der Waals surface area contributed by atoms with Crippen LogP contribution in [-0.2, 0) is 40.2 Å². The number of benzene rings is 3. The van der Waals surface area contributed by atoms with E-state index in [0.717, 1.165) is 5.56 Å². The quantitative estimate of drug-likeness (QED) is 0.411. The summed E-state index contributed by atoms with van der Waals surface area (Å²) < 4.78 is 25.7. The second-order valence-corrected chi connectivity index (χ2v) is 8.42. The van der Waals surface area contributed by atoms with E-state index in [1.807, 2.05) is 37.3 Å². The smallest absolute Gasteiger partial charge is 0.493 e. The number of ether oxygens (including phenoxy) is 2. The Bertz CT molecular complexity index is 1230. The van der Waals surface area contributed by atoms with Crippen molar-refractivity contribution in [2.24, 2.45) is 0 Å². The molecule has 0 unspecified atom stereocenters. The molecule has 3 aromatic carbocycles. The molecule has 4 rings (SSSR count). The van der Waals surface area contributed by atoms with Gasteiger partial charge in [-0.25, -0.2) is 9.18 Å². The molecule has 36 heavy (non-hydrogen) atoms. The van der Waals surface area contributed by atoms with Crippen molar-refractivity contribution in [3.8, 4) is 16.9 Å². The Labute approximate surface area is 209 Å². The van der Waals surface area contributed by atoms with Crippen LogP contribution >= 0.6 is 0 Å². The van der Waals surface area contributed by atoms with E-state index in [2.05, 4.69) is 0 Å². The van der Waals surface area contributed by atoms with Crippen molar-refractivity contribution in [2.75, 3.05) is 19.8 Å². The van der Waals surface area contributed by atoms with E-state index >= 15 is 0 Å². The maximum Gasteiger partial charge on any atom is 0.527 e. The van der Waals surface area contributed by atoms with Crippen molar-refractivity contribution < 1.29 is 33.4 Å². The molecular formula is C28H28FNO6. The van der Waals surface area contributed by atoms with Gasteiger partial charge in [0, 0.05) is 18.5 Å². The molecule has 0 bridgehead atoms. The van der Waals surface area contributed by atoms with Crippen LogP contribution < -0.4 is 4.74 Å². The maximum absolute atomic E-state index is 14.7. The summed E-state index contributed by atoms with van der Waals surface area (Å²) in [7, 11) is 0. The predicted octanol–water partition coefficient (Wildman–Crippen LogP) is 5.19. The number of carboxylic acids is 1. The molecule has 0 amide bonds. The SMILES string of the molecule is CCOc1ccc(CC(=O)O)cc1-c1ccc(F)c2c1CN(OC(=O)OCCc1ccccc1)CC2. The van der Waals surface area contributed by atoms with Gasteiger partial charge in [-0.1, -0.05) is 42.5 Å². The first kappa shape index (κ1) is 25.2. The van der Waals surface area contributed by atoms with Crippen LogP contribution in [0, 0.1) is 5.82 Å². The molecule has 0 radical (unpaired) electrons. The molecule has 188 valence electrons. The largest absolute Gasteiger partial charge is 0.527 e. The minimum Gasteiger partial charge on any atom is -0.493 e. The lowest BCUT2D eigenvalue weighted by Crippen LogP contribution is -2.34. The van der Waals surface area contributed by atoms with Gasteiger partial charge in [-0.2, -0.15) is 0 Å². The van der Waals surface area contributed by atoms with Crippen molar-refractivity contribution in [3.05, 3.63) is 88.7 Å². The minimum atomic E-state index is -0.948. The summed E-state index contributed by atoms with van der Waals surface area (Å²) in [6.07, 6.45) is -0.0512. The van der Waals surface area contributed by atoms with Crippen LogP contribution in [-0.4, -0.2) is 42.1 Å². The number of aliphatic carboxylic acids is 1. The highest BCUT2D eigenvalue weighted by atomic mass is 19.1. The number of carbonyl (C=O) groups excluding carboxylic acids is 1. The van der Waals surface area contributed by atoms with Gasteiger partial charge < -0.3 is 19.4 Å². The number of halogens is 1. The molecule has 1 heterocycles. The molecule has 8 heteroatoms. The number of rotatable bonds is 9. The molecule has 0 saturated carbocycles. The fraction of sp³-hybridized carbons (Fsp3) is 0.286. The average Bonchev–Trinajstić information content (AvgIpc) is 2.86. The highest BCUT2D eigenvalue weighted by Gasteiger charge is 2.26. The van der Waals surface area contributed by atoms with Crippen LogP contribution in [0.15, 0.2) is 60.7 Å². The third-order valence-corrected chi connectivity index (χ3v) is 5.97. The highest BCUT2D eigenvalue weighted by Crippen LogP contribution is 2.38. The molecule has 0 saturated heterocycles. The molecule has 0 fully saturated rings. The van der Waals surface area contributed by atoms with Gasteiger partial charge in [-0.05, 0) is 59.4 Å². The summed E-state index contributed by atoms with van der Waals surface area (Å²) in [4.78, 5) is 29.0. The van der Waals surface area contributed by atoms with E-state index in [4.69, 9.17) is 14.3 Å². The lowest BCUT2D eigenvalue weighted by molar-refractivity contribution is -0.137. The Hall–Kier alpha value is -3.91. The lowest BCUT2D eigenvalue weighted by atomic mass is 9.90. The van der Waals surface area contributed by atoms with Crippen molar-refractivity contribution in [1.82, 2.24) is 5.06 Å². The van der Waals surface area contributed by atoms with Crippen LogP contribution in [0.25, 0.3) is 11.1 Å². The van der Waals surface area contributed by atoms with Crippen molar-refractivity contribution in [2.45, 2.75) is 32.7 Å². The fourth-order valence-corrected chi connectivity index (χ4v) is 4.32. The van der Waals surface area contributed by atoms with E-state index in [1.54, 1.807) is 24.3 Å². The maximum atomic E-state index is 14.7. The minimum absolute atomic E-state index is 0.146. The molecule has 0 aliphatic carbocycles. The first-order valence-electron chi connectivity index (χ1n) is 11.9. The number of carbonyl (C=O) groups is 2. The molecule has 1 N–H and O–H groups in total. The van der Waals surface area contributed by atoms with Gasteiger partial charge in [0.1, 0.15) is 11.6 Å². The molecule has 3 aromatic rings. The van der Waals surface area contributed by atoms with Crippen molar-refractivity contribution >= 4 is 12.1 Å². The van der Waals surface area contributed by atoms with Crippen LogP contribution in [0.1, 0.15) is 29.2 Å². The lowest BCUT2D eigenvalue weighted by Gasteiger charge is -2.29. The molecule has 1 aliphatic heterocycles. The number of nitrogens with zero attached hydrogens (tertiary/aromatic N) is 1. The number of hydrogen-bond donors (Lipinski definition) is 1. The summed E-state index contributed by atoms with van der Waals surface area (Å²) in [5, 5.41) is 10.7. The summed E-state index contributed by atoms with van der Waals surface area (Å²) in [6.45, 7) is 2.93. The Morgan fingerprint density at radius 3 is 2.56 bits per heavy atom. The van der Waals surface area contributed by atoms with Gasteiger partial charge in [-0.15, -0.1) is 5.06 Å². The number of hydrogen-bond acceptors (Lipinski definition) is 6. The monoisotopic (exact) mass is 493 g/mol. The number of fused-ring (bicyclic) bond motifs is 1. The van der Waals surface area contributed by atoms with E-state index in [0.29, 0.717) is 59.6 Å². The molecule has 0 aromatic heterocycles. The molecular weight excluding hydrogens is 465 g/mol. The summed E-state index contributed by atoms with van der Waals surface area (Å²) in [5.74, 6) is -0.714. The Morgan fingerprint density at radius 1 is 1.00 bits per heavy atom. The molecule has 0 spiro atoms. The van der Waals surface area contributed by atoms with Gasteiger partial charge in [0.25, 0.3) is 0 Å². The van der Waals surface area contributed by atoms with E-state index < -0.39 is 12.1 Å². The summed E-state index contributed by atoms with van der Waals surface area (Å²) in [6, 6.07) is 17.9. The van der Waals surface area contributed by atoms with Crippen molar-refractivity contribution in [3.63, 3.8) is 0 Å². The Kier molecular flexibility index (Phi) is 8.17. The summed E-state index contributed by atoms with van der Waals surface area (Å²) in [5.41, 5.74) is 4.21. The van der Waals surface area contributed by atoms with Crippen molar-refractivity contribution in [1.29, 1.82) is 0 Å². The second-order valence-electron chi connectivity index (χ2n) is 8.42. The van der Waals surface area contributed by atoms with Gasteiger partial charge in [0.15, 0.2) is 0 Å². The van der Waals surface area contributed by atoms with E-state index in [1.165, 1.54) is 11.1 Å². The third kappa shape index (κ3) is 6.20. The van der Waals surface area contributed by atoms with Gasteiger partial charge in [-0.3, -0.25) is 4.79 Å². The van der Waals surface area contributed by atoms with Crippen LogP contribution in [0.5, 0.6) is 5.75 Å². The second kappa shape index (κ2) is 11.7. The topological polar surface area (TPSA) is 85.3 Å². The van der Waals surface area contributed by atoms with Crippen LogP contribution in [0.4, 0.5) is 9.18 Å². The fourth-order valence-electron chi connectivity index (χ4n) is 4.32. The normalized spacial score (nSPS) is 13.1. The first-order chi connectivity index (χ1) is 17.4. The third-order valence-electron chi connectivity index (χ3n) is 5.97. The Morgan fingerprint density at radius 2 is 1.81 bits per heavy atom. The zero-order valence-corrected chi connectivity index (χ0v) is 20.0. The van der Waals surface area contributed by atoms with Gasteiger partial charge >= 0.3 is 12.1 Å². The van der Waals surface area contributed by atoms with E-state index in [9.17, 15) is 19.1 Å². The molecule has 1 aliphatic rings. The summed E-state index contributed by atoms with van der Waals surface area (Å²) >= 11 is 0. The predicted molar refractivity (Wildman–Crippen MR) is 131 cm³/mol. The van der Waals surface area contributed by atoms with Gasteiger partial charge in [0.2, 0.25) is 0 Å². The van der Waals surface area contributed by atoms with E-state index in [-0.39, 0.29) is 25.4 Å². The standard InChI is InChI=1S/C28H28FNO6/c1-2-34-26-11-8-20(17-27(31)32)16-23(26)21-9-10-25(29)22-12-14-30(18-24(21)22)36-28(33)35-15-13-19-6-4-3-5-7-19/h3-11,16H,2,12-15,17-18H2,1H3,(H,31,32). The Balaban J connectivity index is 1.52. The zero-order chi connectivity index (χ0) is 25.5. The van der Waals surface area contributed by atoms with Crippen LogP contribution in [0.3, 0.4) is 0 Å². The van der Waals surface area contributed by atoms with Gasteiger partial charge in [0.05, 0.1) is 26.2 Å². The first-order valence-corrected chi connectivity index (χ1v) is 11.9. The number of hydroxylamine groups is 2. The zero-order valence-electron chi connectivity index (χ0n) is 20.0. The molecule has 7 nitrogen and oxygen atoms in total.